The second-order valence-electron chi connectivity index (χ2n) is 21.2. The van der Waals surface area contributed by atoms with Gasteiger partial charge in [-0.25, -0.2) is 0 Å². The van der Waals surface area contributed by atoms with Gasteiger partial charge in [0.05, 0.1) is 17.3 Å². The van der Waals surface area contributed by atoms with Gasteiger partial charge in [-0.2, -0.15) is 0 Å². The number of carboxylic acids is 1. The Bertz CT molecular complexity index is 1800. The zero-order chi connectivity index (χ0) is 40.9. The summed E-state index contributed by atoms with van der Waals surface area (Å²) in [5.41, 5.74) is 1.05. The molecule has 1 aromatic carbocycles. The maximum absolute atomic E-state index is 14.8. The number of halogens is 1. The van der Waals surface area contributed by atoms with E-state index in [1.54, 1.807) is 25.8 Å². The third-order valence-electron chi connectivity index (χ3n) is 18.4. The lowest BCUT2D eigenvalue weighted by atomic mass is 9.25. The summed E-state index contributed by atoms with van der Waals surface area (Å²) in [4.78, 5) is 55.7. The smallest absolute Gasteiger partial charge is 0.309 e. The number of Topliss-reactive ketones (excluding diaryl/α,β-unsaturated/α-hetero) is 1. The molecule has 304 valence electrons. The first-order valence-corrected chi connectivity index (χ1v) is 21.4. The molecule has 7 nitrogen and oxygen atoms in total. The highest BCUT2D eigenvalue weighted by atomic mass is 35.5. The molecule has 0 spiro atoms. The van der Waals surface area contributed by atoms with E-state index in [2.05, 4.69) is 62.3 Å². The van der Waals surface area contributed by atoms with Crippen LogP contribution in [0.5, 0.6) is 0 Å². The van der Waals surface area contributed by atoms with Gasteiger partial charge in [-0.05, 0) is 135 Å². The summed E-state index contributed by atoms with van der Waals surface area (Å²) in [6.07, 6.45) is 8.50. The number of rotatable bonds is 9. The maximum Gasteiger partial charge on any atom is 0.309 e. The Hall–Kier alpha value is -2.67. The second-order valence-corrected chi connectivity index (χ2v) is 21.7. The minimum atomic E-state index is -1.18. The average molecular weight is 779 g/mol. The molecule has 4 saturated carbocycles. The average Bonchev–Trinajstić information content (AvgIpc) is 3.51. The molecule has 0 aliphatic heterocycles. The van der Waals surface area contributed by atoms with Crippen molar-refractivity contribution in [3.8, 4) is 0 Å². The first-order valence-electron chi connectivity index (χ1n) is 21.0. The molecule has 5 aliphatic carbocycles. The van der Waals surface area contributed by atoms with Crippen LogP contribution in [0.1, 0.15) is 152 Å². The molecule has 1 amide bonds. The molecule has 0 bridgehead atoms. The van der Waals surface area contributed by atoms with Crippen LogP contribution in [0.3, 0.4) is 0 Å². The molecule has 5 aliphatic rings. The van der Waals surface area contributed by atoms with E-state index in [1.165, 1.54) is 11.1 Å². The number of carboxylic acid groups (broad SMARTS) is 1. The number of esters is 1. The van der Waals surface area contributed by atoms with Gasteiger partial charge in [0.25, 0.3) is 5.91 Å². The number of carbonyl (C=O) groups excluding carboxylic acids is 3. The molecule has 6 rings (SSSR count). The highest BCUT2D eigenvalue weighted by molar-refractivity contribution is 6.39. The summed E-state index contributed by atoms with van der Waals surface area (Å²) in [5.74, 6) is -1.50. The van der Waals surface area contributed by atoms with Gasteiger partial charge in [0.2, 0.25) is 5.78 Å². The summed E-state index contributed by atoms with van der Waals surface area (Å²) in [5, 5.41) is 10.3. The first-order chi connectivity index (χ1) is 25.3. The number of fused-ring (bicyclic) bond motifs is 7. The number of nitrogens with zero attached hydrogens (tertiary/aromatic N) is 1. The van der Waals surface area contributed by atoms with E-state index in [0.717, 1.165) is 63.4 Å². The summed E-state index contributed by atoms with van der Waals surface area (Å²) in [6, 6.07) is 7.47. The highest BCUT2D eigenvalue weighted by Gasteiger charge is 2.77. The number of benzene rings is 1. The minimum Gasteiger partial charge on any atom is -0.481 e. The Morgan fingerprint density at radius 1 is 0.836 bits per heavy atom. The molecule has 0 saturated heterocycles. The fraction of sp³-hybridized carbons (Fsp3) is 0.745. The van der Waals surface area contributed by atoms with Gasteiger partial charge >= 0.3 is 11.9 Å². The van der Waals surface area contributed by atoms with Gasteiger partial charge in [0, 0.05) is 24.0 Å². The molecule has 0 aromatic heterocycles. The lowest BCUT2D eigenvalue weighted by Gasteiger charge is -2.79. The van der Waals surface area contributed by atoms with Crippen LogP contribution in [0, 0.1) is 55.2 Å². The third-order valence-corrected chi connectivity index (χ3v) is 18.7. The van der Waals surface area contributed by atoms with Crippen molar-refractivity contribution in [1.29, 1.82) is 0 Å². The number of hydrogen-bond acceptors (Lipinski definition) is 5. The summed E-state index contributed by atoms with van der Waals surface area (Å²) >= 11 is 6.13. The quantitative estimate of drug-likeness (QED) is 0.152. The standard InChI is InChI=1S/C47H68ClNO6/c1-29(2)32-17-22-47(37(51)38(52)49(12)28-30-13-15-31(48)16-14-30)26-23-42(7)33(36(32)47)18-20-46(11)44(42,9)25-24-43(8)41(5,6)34(19-21-45(43,46)10)55-35(50)27-40(3,4)39(53)54/h13-16,29,33-34H,17-28H2,1-12H3,(H,53,54). The summed E-state index contributed by atoms with van der Waals surface area (Å²) in [6.45, 7) is 25.3. The van der Waals surface area contributed by atoms with Gasteiger partial charge in [0.15, 0.2) is 0 Å². The van der Waals surface area contributed by atoms with Gasteiger partial charge < -0.3 is 14.7 Å². The van der Waals surface area contributed by atoms with Crippen molar-refractivity contribution in [1.82, 2.24) is 4.90 Å². The molecule has 1 aromatic rings. The van der Waals surface area contributed by atoms with Crippen molar-refractivity contribution in [2.24, 2.45) is 55.2 Å². The van der Waals surface area contributed by atoms with Gasteiger partial charge in [-0.15, -0.1) is 0 Å². The van der Waals surface area contributed by atoms with Crippen molar-refractivity contribution in [3.05, 3.63) is 46.0 Å². The molecule has 55 heavy (non-hydrogen) atoms. The minimum absolute atomic E-state index is 0.0361. The molecule has 0 radical (unpaired) electrons. The number of aliphatic carboxylic acids is 1. The van der Waals surface area contributed by atoms with Crippen molar-refractivity contribution in [2.45, 2.75) is 159 Å². The monoisotopic (exact) mass is 777 g/mol. The lowest BCUT2D eigenvalue weighted by Crippen LogP contribution is -2.73. The van der Waals surface area contributed by atoms with Crippen LogP contribution in [0.4, 0.5) is 0 Å². The number of carbonyl (C=O) groups is 4. The predicted octanol–water partition coefficient (Wildman–Crippen LogP) is 10.9. The van der Waals surface area contributed by atoms with Crippen LogP contribution in [-0.2, 0) is 30.5 Å². The van der Waals surface area contributed by atoms with E-state index in [-0.39, 0.29) is 62.6 Å². The Balaban J connectivity index is 1.32. The molecular formula is C47H68ClNO6. The van der Waals surface area contributed by atoms with E-state index in [1.807, 2.05) is 24.3 Å². The van der Waals surface area contributed by atoms with Crippen molar-refractivity contribution in [2.75, 3.05) is 7.05 Å². The molecule has 1 N–H and O–H groups in total. The topological polar surface area (TPSA) is 101 Å². The lowest BCUT2D eigenvalue weighted by molar-refractivity contribution is -0.310. The predicted molar refractivity (Wildman–Crippen MR) is 217 cm³/mol. The Labute approximate surface area is 335 Å². The third kappa shape index (κ3) is 5.75. The number of allylic oxidation sites excluding steroid dienone is 2. The zero-order valence-electron chi connectivity index (χ0n) is 35.8. The number of amides is 1. The first kappa shape index (κ1) is 41.9. The molecule has 8 atom stereocenters. The van der Waals surface area contributed by atoms with Crippen LogP contribution in [0.2, 0.25) is 5.02 Å². The molecule has 8 unspecified atom stereocenters. The van der Waals surface area contributed by atoms with Gasteiger partial charge in [0.1, 0.15) is 6.10 Å². The van der Waals surface area contributed by atoms with E-state index in [9.17, 15) is 24.3 Å². The van der Waals surface area contributed by atoms with Crippen LogP contribution in [0.15, 0.2) is 35.4 Å². The Morgan fingerprint density at radius 2 is 1.42 bits per heavy atom. The Morgan fingerprint density at radius 3 is 2.02 bits per heavy atom. The van der Waals surface area contributed by atoms with E-state index in [4.69, 9.17) is 16.3 Å². The summed E-state index contributed by atoms with van der Waals surface area (Å²) < 4.78 is 6.26. The normalized spacial score (nSPS) is 38.0. The van der Waals surface area contributed by atoms with Gasteiger partial charge in [-0.1, -0.05) is 97.2 Å². The van der Waals surface area contributed by atoms with Crippen molar-refractivity contribution < 1.29 is 29.0 Å². The van der Waals surface area contributed by atoms with Crippen molar-refractivity contribution in [3.63, 3.8) is 0 Å². The highest BCUT2D eigenvalue weighted by Crippen LogP contribution is 2.83. The van der Waals surface area contributed by atoms with E-state index >= 15 is 0 Å². The van der Waals surface area contributed by atoms with Crippen molar-refractivity contribution >= 4 is 35.2 Å². The Kier molecular flexibility index (Phi) is 10.3. The largest absolute Gasteiger partial charge is 0.481 e. The SMILES string of the molecule is CC(C)C1=C2C3CCC4(C)C(C)(CCC5(C)C(C)(C)C(OC(=O)CC(C)(C)C(=O)O)CCC54C)C3(C)CCC2(C(=O)C(=O)N(C)Cc2ccc(Cl)cc2)CC1. The molecule has 4 fully saturated rings. The van der Waals surface area contributed by atoms with Crippen LogP contribution in [-0.4, -0.2) is 46.8 Å². The zero-order valence-corrected chi connectivity index (χ0v) is 36.6. The maximum atomic E-state index is 14.8. The number of hydrogen-bond donors (Lipinski definition) is 1. The fourth-order valence-corrected chi connectivity index (χ4v) is 14.0. The van der Waals surface area contributed by atoms with Crippen LogP contribution in [0.25, 0.3) is 0 Å². The second kappa shape index (κ2) is 13.4. The fourth-order valence-electron chi connectivity index (χ4n) is 13.8. The molecule has 8 heteroatoms. The number of ketones is 1. The van der Waals surface area contributed by atoms with E-state index in [0.29, 0.717) is 23.9 Å². The molecular weight excluding hydrogens is 710 g/mol. The van der Waals surface area contributed by atoms with E-state index < -0.39 is 22.8 Å². The van der Waals surface area contributed by atoms with Crippen LogP contribution < -0.4 is 0 Å². The molecule has 0 heterocycles. The number of likely N-dealkylation sites (N-methyl/N-ethyl adjacent to an activating group) is 1. The van der Waals surface area contributed by atoms with Crippen LogP contribution >= 0.6 is 11.6 Å². The van der Waals surface area contributed by atoms with Gasteiger partial charge in [-0.3, -0.25) is 19.2 Å². The number of ether oxygens (including phenoxy) is 1. The summed E-state index contributed by atoms with van der Waals surface area (Å²) in [7, 11) is 1.75.